The Bertz CT molecular complexity index is 443. The summed E-state index contributed by atoms with van der Waals surface area (Å²) in [5.41, 5.74) is 6.10. The van der Waals surface area contributed by atoms with Gasteiger partial charge in [0.05, 0.1) is 13.7 Å². The largest absolute Gasteiger partial charge is 0.493 e. The molecule has 1 saturated carbocycles. The normalized spacial score (nSPS) is 16.1. The molecule has 1 aliphatic carbocycles. The van der Waals surface area contributed by atoms with Crippen LogP contribution in [0.4, 0.5) is 0 Å². The molecule has 3 N–H and O–H groups in total. The molecule has 5 heteroatoms. The van der Waals surface area contributed by atoms with Gasteiger partial charge < -0.3 is 20.3 Å². The molecule has 0 bridgehead atoms. The van der Waals surface area contributed by atoms with Gasteiger partial charge in [-0.05, 0) is 24.8 Å². The molecule has 0 amide bonds. The molecule has 98 valence electrons. The Balaban J connectivity index is 2.27. The molecule has 5 nitrogen and oxygen atoms in total. The Morgan fingerprint density at radius 1 is 1.56 bits per heavy atom. The lowest BCUT2D eigenvalue weighted by Gasteiger charge is -2.17. The average molecular weight is 251 g/mol. The monoisotopic (exact) mass is 251 g/mol. The molecule has 0 saturated heterocycles. The lowest BCUT2D eigenvalue weighted by molar-refractivity contribution is -0.138. The summed E-state index contributed by atoms with van der Waals surface area (Å²) in [5.74, 6) is 0.454. The van der Waals surface area contributed by atoms with Crippen LogP contribution in [0.3, 0.4) is 0 Å². The minimum absolute atomic E-state index is 0.446. The summed E-state index contributed by atoms with van der Waals surface area (Å²) in [6.07, 6.45) is 2.32. The number of methoxy groups -OCH3 is 1. The number of nitrogens with two attached hydrogens (primary N) is 1. The highest BCUT2D eigenvalue weighted by Gasteiger charge is 2.26. The predicted molar refractivity (Wildman–Crippen MR) is 65.8 cm³/mol. The van der Waals surface area contributed by atoms with E-state index in [1.807, 2.05) is 0 Å². The molecular weight excluding hydrogens is 234 g/mol. The minimum Gasteiger partial charge on any atom is -0.493 e. The third-order valence-corrected chi connectivity index (χ3v) is 2.99. The van der Waals surface area contributed by atoms with E-state index in [-0.39, 0.29) is 0 Å². The van der Waals surface area contributed by atoms with E-state index in [9.17, 15) is 4.79 Å². The van der Waals surface area contributed by atoms with Gasteiger partial charge in [0, 0.05) is 5.56 Å². The molecule has 18 heavy (non-hydrogen) atoms. The van der Waals surface area contributed by atoms with Crippen LogP contribution in [0.25, 0.3) is 0 Å². The number of hydrogen-bond acceptors (Lipinski definition) is 4. The SMILES string of the molecule is COc1cccc(C(N)C(=O)O)c1OCC1CC1. The first-order chi connectivity index (χ1) is 8.63. The number of para-hydroxylation sites is 1. The quantitative estimate of drug-likeness (QED) is 0.802. The molecular formula is C13H17NO4. The lowest BCUT2D eigenvalue weighted by atomic mass is 10.1. The molecule has 0 radical (unpaired) electrons. The first kappa shape index (κ1) is 12.7. The van der Waals surface area contributed by atoms with Crippen molar-refractivity contribution in [2.24, 2.45) is 11.7 Å². The average Bonchev–Trinajstić information content (AvgIpc) is 3.18. The van der Waals surface area contributed by atoms with Crippen molar-refractivity contribution in [1.82, 2.24) is 0 Å². The van der Waals surface area contributed by atoms with E-state index < -0.39 is 12.0 Å². The molecule has 1 fully saturated rings. The molecule has 0 aliphatic heterocycles. The fourth-order valence-electron chi connectivity index (χ4n) is 1.71. The van der Waals surface area contributed by atoms with Gasteiger partial charge in [0.2, 0.25) is 0 Å². The van der Waals surface area contributed by atoms with E-state index in [0.717, 1.165) is 12.8 Å². The fraction of sp³-hybridized carbons (Fsp3) is 0.462. The molecule has 0 spiro atoms. The van der Waals surface area contributed by atoms with Gasteiger partial charge in [-0.3, -0.25) is 4.79 Å². The van der Waals surface area contributed by atoms with Crippen molar-refractivity contribution in [2.45, 2.75) is 18.9 Å². The van der Waals surface area contributed by atoms with Gasteiger partial charge in [0.15, 0.2) is 11.5 Å². The van der Waals surface area contributed by atoms with Crippen LogP contribution < -0.4 is 15.2 Å². The molecule has 1 aromatic carbocycles. The van der Waals surface area contributed by atoms with Crippen molar-refractivity contribution in [3.8, 4) is 11.5 Å². The molecule has 1 aromatic rings. The maximum Gasteiger partial charge on any atom is 0.325 e. The molecule has 1 atom stereocenters. The topological polar surface area (TPSA) is 81.8 Å². The Hall–Kier alpha value is -1.75. The van der Waals surface area contributed by atoms with Gasteiger partial charge in [-0.1, -0.05) is 12.1 Å². The summed E-state index contributed by atoms with van der Waals surface area (Å²) in [6, 6.07) is 4.00. The third-order valence-electron chi connectivity index (χ3n) is 2.99. The summed E-state index contributed by atoms with van der Waals surface area (Å²) in [7, 11) is 1.52. The number of carbonyl (C=O) groups is 1. The number of benzene rings is 1. The summed E-state index contributed by atoms with van der Waals surface area (Å²) in [6.45, 7) is 0.583. The number of carboxylic acids is 1. The zero-order valence-corrected chi connectivity index (χ0v) is 10.3. The predicted octanol–water partition coefficient (Wildman–Crippen LogP) is 1.57. The standard InChI is InChI=1S/C13H17NO4/c1-17-10-4-2-3-9(11(14)13(15)16)12(10)18-7-8-5-6-8/h2-4,8,11H,5-7,14H2,1H3,(H,15,16). The summed E-state index contributed by atoms with van der Waals surface area (Å²) >= 11 is 0. The molecule has 2 rings (SSSR count). The van der Waals surface area contributed by atoms with E-state index >= 15 is 0 Å². The second-order valence-corrected chi connectivity index (χ2v) is 4.45. The van der Waals surface area contributed by atoms with E-state index in [4.69, 9.17) is 20.3 Å². The smallest absolute Gasteiger partial charge is 0.325 e. The number of rotatable bonds is 6. The number of ether oxygens (including phenoxy) is 2. The Morgan fingerprint density at radius 2 is 2.28 bits per heavy atom. The summed E-state index contributed by atoms with van der Waals surface area (Å²) in [4.78, 5) is 11.0. The fourth-order valence-corrected chi connectivity index (χ4v) is 1.71. The molecule has 0 heterocycles. The Kier molecular flexibility index (Phi) is 3.72. The zero-order valence-electron chi connectivity index (χ0n) is 10.3. The van der Waals surface area contributed by atoms with Crippen LogP contribution in [0.15, 0.2) is 18.2 Å². The van der Waals surface area contributed by atoms with Crippen molar-refractivity contribution in [3.63, 3.8) is 0 Å². The van der Waals surface area contributed by atoms with Gasteiger partial charge in [0.1, 0.15) is 6.04 Å². The maximum atomic E-state index is 11.0. The number of aliphatic carboxylic acids is 1. The van der Waals surface area contributed by atoms with Crippen LogP contribution in [-0.4, -0.2) is 24.8 Å². The highest BCUT2D eigenvalue weighted by molar-refractivity contribution is 5.77. The second-order valence-electron chi connectivity index (χ2n) is 4.45. The zero-order chi connectivity index (χ0) is 13.1. The van der Waals surface area contributed by atoms with E-state index in [2.05, 4.69) is 0 Å². The van der Waals surface area contributed by atoms with E-state index in [1.54, 1.807) is 18.2 Å². The molecule has 1 aliphatic rings. The summed E-state index contributed by atoms with van der Waals surface area (Å²) in [5, 5.41) is 8.99. The van der Waals surface area contributed by atoms with Crippen LogP contribution in [0.5, 0.6) is 11.5 Å². The summed E-state index contributed by atoms with van der Waals surface area (Å²) < 4.78 is 10.9. The Morgan fingerprint density at radius 3 is 2.83 bits per heavy atom. The van der Waals surface area contributed by atoms with Crippen LogP contribution in [0.1, 0.15) is 24.4 Å². The van der Waals surface area contributed by atoms with Crippen molar-refractivity contribution in [2.75, 3.05) is 13.7 Å². The third kappa shape index (κ3) is 2.73. The second kappa shape index (κ2) is 5.27. The van der Waals surface area contributed by atoms with Crippen molar-refractivity contribution in [3.05, 3.63) is 23.8 Å². The van der Waals surface area contributed by atoms with Gasteiger partial charge in [-0.25, -0.2) is 0 Å². The van der Waals surface area contributed by atoms with Gasteiger partial charge in [-0.2, -0.15) is 0 Å². The minimum atomic E-state index is -1.10. The van der Waals surface area contributed by atoms with Crippen LogP contribution in [-0.2, 0) is 4.79 Å². The maximum absolute atomic E-state index is 11.0. The molecule has 0 aromatic heterocycles. The van der Waals surface area contributed by atoms with Crippen molar-refractivity contribution >= 4 is 5.97 Å². The number of hydrogen-bond donors (Lipinski definition) is 2. The van der Waals surface area contributed by atoms with Crippen molar-refractivity contribution < 1.29 is 19.4 Å². The van der Waals surface area contributed by atoms with Gasteiger partial charge in [0.25, 0.3) is 0 Å². The van der Waals surface area contributed by atoms with Crippen LogP contribution >= 0.6 is 0 Å². The highest BCUT2D eigenvalue weighted by Crippen LogP contribution is 2.37. The van der Waals surface area contributed by atoms with E-state index in [1.165, 1.54) is 7.11 Å². The first-order valence-electron chi connectivity index (χ1n) is 5.91. The molecule has 1 unspecified atom stereocenters. The van der Waals surface area contributed by atoms with Gasteiger partial charge >= 0.3 is 5.97 Å². The van der Waals surface area contributed by atoms with Crippen LogP contribution in [0, 0.1) is 5.92 Å². The van der Waals surface area contributed by atoms with E-state index in [0.29, 0.717) is 29.6 Å². The lowest BCUT2D eigenvalue weighted by Crippen LogP contribution is -2.22. The van der Waals surface area contributed by atoms with Crippen LogP contribution in [0.2, 0.25) is 0 Å². The number of carboxylic acid groups (broad SMARTS) is 1. The van der Waals surface area contributed by atoms with Crippen molar-refractivity contribution in [1.29, 1.82) is 0 Å². The highest BCUT2D eigenvalue weighted by atomic mass is 16.5. The first-order valence-corrected chi connectivity index (χ1v) is 5.91. The van der Waals surface area contributed by atoms with Gasteiger partial charge in [-0.15, -0.1) is 0 Å². The Labute approximate surface area is 106 Å².